The van der Waals surface area contributed by atoms with Crippen LogP contribution in [0.4, 0.5) is 0 Å². The van der Waals surface area contributed by atoms with Gasteiger partial charge in [0, 0.05) is 5.56 Å². The van der Waals surface area contributed by atoms with Crippen molar-refractivity contribution in [3.8, 4) is 0 Å². The number of rotatable bonds is 5. The van der Waals surface area contributed by atoms with E-state index in [1.165, 1.54) is 18.2 Å². The second kappa shape index (κ2) is 8.01. The Hall–Kier alpha value is -3.18. The first-order valence-corrected chi connectivity index (χ1v) is 9.90. The monoisotopic (exact) mass is 377 g/mol. The molecule has 136 valence electrons. The standard InChI is InChI=1S/C22H19NO3S/c1-17-12-14-20(15-13-17)27(25,26)21(16-18-8-4-2-5-9-18)23-22(24)19-10-6-3-7-11-19/h2-16H,1H3,(H,23,24)/b21-16-. The highest BCUT2D eigenvalue weighted by molar-refractivity contribution is 7.95. The molecule has 0 heterocycles. The highest BCUT2D eigenvalue weighted by Crippen LogP contribution is 2.21. The summed E-state index contributed by atoms with van der Waals surface area (Å²) in [4.78, 5) is 12.7. The number of benzene rings is 3. The van der Waals surface area contributed by atoms with Gasteiger partial charge in [-0.05, 0) is 42.8 Å². The molecule has 0 radical (unpaired) electrons. The molecule has 1 N–H and O–H groups in total. The van der Waals surface area contributed by atoms with Crippen LogP contribution < -0.4 is 5.32 Å². The van der Waals surface area contributed by atoms with Gasteiger partial charge in [-0.2, -0.15) is 0 Å². The summed E-state index contributed by atoms with van der Waals surface area (Å²) in [5.74, 6) is -0.478. The molecule has 0 aliphatic heterocycles. The lowest BCUT2D eigenvalue weighted by molar-refractivity contribution is 0.0968. The fraction of sp³-hybridized carbons (Fsp3) is 0.0455. The molecule has 1 amide bonds. The lowest BCUT2D eigenvalue weighted by Gasteiger charge is -2.12. The summed E-state index contributed by atoms with van der Waals surface area (Å²) >= 11 is 0. The first-order chi connectivity index (χ1) is 13.0. The van der Waals surface area contributed by atoms with E-state index < -0.39 is 15.7 Å². The normalized spacial score (nSPS) is 11.8. The fourth-order valence-electron chi connectivity index (χ4n) is 2.50. The van der Waals surface area contributed by atoms with Gasteiger partial charge in [0.2, 0.25) is 9.84 Å². The summed E-state index contributed by atoms with van der Waals surface area (Å²) in [6.45, 7) is 1.88. The maximum atomic E-state index is 13.1. The van der Waals surface area contributed by atoms with Gasteiger partial charge in [-0.15, -0.1) is 0 Å². The van der Waals surface area contributed by atoms with Crippen molar-refractivity contribution in [3.63, 3.8) is 0 Å². The molecule has 0 unspecified atom stereocenters. The maximum absolute atomic E-state index is 13.1. The van der Waals surface area contributed by atoms with Crippen LogP contribution >= 0.6 is 0 Å². The Bertz CT molecular complexity index is 1060. The third-order valence-electron chi connectivity index (χ3n) is 3.99. The van der Waals surface area contributed by atoms with Crippen LogP contribution in [0.2, 0.25) is 0 Å². The lowest BCUT2D eigenvalue weighted by atomic mass is 10.2. The molecule has 3 aromatic carbocycles. The molecule has 5 heteroatoms. The molecule has 3 rings (SSSR count). The third kappa shape index (κ3) is 4.51. The van der Waals surface area contributed by atoms with E-state index in [0.717, 1.165) is 5.56 Å². The van der Waals surface area contributed by atoms with Gasteiger partial charge in [0.15, 0.2) is 0 Å². The Kier molecular flexibility index (Phi) is 5.52. The second-order valence-electron chi connectivity index (χ2n) is 6.06. The minimum absolute atomic E-state index is 0.128. The molecule has 4 nitrogen and oxygen atoms in total. The lowest BCUT2D eigenvalue weighted by Crippen LogP contribution is -2.27. The Morgan fingerprint density at radius 1 is 0.815 bits per heavy atom. The number of amides is 1. The number of carbonyl (C=O) groups excluding carboxylic acids is 1. The van der Waals surface area contributed by atoms with E-state index in [2.05, 4.69) is 5.32 Å². The predicted molar refractivity (Wildman–Crippen MR) is 107 cm³/mol. The van der Waals surface area contributed by atoms with Crippen LogP contribution in [-0.4, -0.2) is 14.3 Å². The maximum Gasteiger partial charge on any atom is 0.256 e. The van der Waals surface area contributed by atoms with E-state index in [1.807, 2.05) is 13.0 Å². The van der Waals surface area contributed by atoms with E-state index >= 15 is 0 Å². The largest absolute Gasteiger partial charge is 0.312 e. The number of nitrogens with one attached hydrogen (secondary N) is 1. The van der Waals surface area contributed by atoms with Gasteiger partial charge in [-0.1, -0.05) is 66.2 Å². The Morgan fingerprint density at radius 3 is 1.96 bits per heavy atom. The average molecular weight is 377 g/mol. The summed E-state index contributed by atoms with van der Waals surface area (Å²) in [5.41, 5.74) is 2.02. The van der Waals surface area contributed by atoms with E-state index in [4.69, 9.17) is 0 Å². The van der Waals surface area contributed by atoms with Gasteiger partial charge in [0.05, 0.1) is 4.90 Å². The zero-order valence-corrected chi connectivity index (χ0v) is 15.6. The van der Waals surface area contributed by atoms with Gasteiger partial charge in [0.25, 0.3) is 5.91 Å². The summed E-state index contributed by atoms with van der Waals surface area (Å²) in [7, 11) is -3.89. The highest BCUT2D eigenvalue weighted by Gasteiger charge is 2.23. The topological polar surface area (TPSA) is 63.2 Å². The van der Waals surface area contributed by atoms with Gasteiger partial charge < -0.3 is 5.32 Å². The van der Waals surface area contributed by atoms with E-state index in [1.54, 1.807) is 66.7 Å². The zero-order valence-electron chi connectivity index (χ0n) is 14.8. The minimum atomic E-state index is -3.89. The van der Waals surface area contributed by atoms with Crippen LogP contribution in [0, 0.1) is 6.92 Å². The average Bonchev–Trinajstić information content (AvgIpc) is 2.69. The Morgan fingerprint density at radius 2 is 1.37 bits per heavy atom. The molecular formula is C22H19NO3S. The quantitative estimate of drug-likeness (QED) is 0.725. The fourth-order valence-corrected chi connectivity index (χ4v) is 3.77. The molecule has 0 spiro atoms. The number of carbonyl (C=O) groups is 1. The van der Waals surface area contributed by atoms with E-state index in [-0.39, 0.29) is 9.92 Å². The molecule has 0 saturated heterocycles. The molecule has 0 bridgehead atoms. The molecule has 27 heavy (non-hydrogen) atoms. The van der Waals surface area contributed by atoms with E-state index in [0.29, 0.717) is 11.1 Å². The van der Waals surface area contributed by atoms with Crippen molar-refractivity contribution in [1.29, 1.82) is 0 Å². The SMILES string of the molecule is Cc1ccc(S(=O)(=O)/C(=C\c2ccccc2)NC(=O)c2ccccc2)cc1. The van der Waals surface area contributed by atoms with Crippen molar-refractivity contribution in [3.05, 3.63) is 107 Å². The van der Waals surface area contributed by atoms with E-state index in [9.17, 15) is 13.2 Å². The van der Waals surface area contributed by atoms with Crippen molar-refractivity contribution in [1.82, 2.24) is 5.32 Å². The molecule has 0 saturated carbocycles. The van der Waals surface area contributed by atoms with Gasteiger partial charge in [0.1, 0.15) is 5.03 Å². The summed E-state index contributed by atoms with van der Waals surface area (Å²) in [6.07, 6.45) is 1.47. The number of aryl methyl sites for hydroxylation is 1. The van der Waals surface area contributed by atoms with Gasteiger partial charge in [-0.25, -0.2) is 8.42 Å². The van der Waals surface area contributed by atoms with Crippen LogP contribution in [0.15, 0.2) is 94.9 Å². The van der Waals surface area contributed by atoms with Crippen LogP contribution in [0.1, 0.15) is 21.5 Å². The molecule has 3 aromatic rings. The van der Waals surface area contributed by atoms with Crippen molar-refractivity contribution in [2.75, 3.05) is 0 Å². The summed E-state index contributed by atoms with van der Waals surface area (Å²) in [6, 6.07) is 24.1. The number of hydrogen-bond donors (Lipinski definition) is 1. The predicted octanol–water partition coefficient (Wildman–Crippen LogP) is 4.20. The molecular weight excluding hydrogens is 358 g/mol. The van der Waals surface area contributed by atoms with Crippen molar-refractivity contribution in [2.24, 2.45) is 0 Å². The van der Waals surface area contributed by atoms with Crippen LogP contribution in [0.5, 0.6) is 0 Å². The Balaban J connectivity index is 2.03. The third-order valence-corrected chi connectivity index (χ3v) is 5.68. The number of hydrogen-bond acceptors (Lipinski definition) is 3. The van der Waals surface area contributed by atoms with Crippen molar-refractivity contribution in [2.45, 2.75) is 11.8 Å². The summed E-state index contributed by atoms with van der Waals surface area (Å²) < 4.78 is 26.3. The zero-order chi connectivity index (χ0) is 19.3. The molecule has 0 atom stereocenters. The molecule has 0 aliphatic carbocycles. The molecule has 0 aromatic heterocycles. The van der Waals surface area contributed by atoms with Crippen LogP contribution in [0.25, 0.3) is 6.08 Å². The first kappa shape index (κ1) is 18.6. The van der Waals surface area contributed by atoms with Crippen LogP contribution in [-0.2, 0) is 9.84 Å². The van der Waals surface area contributed by atoms with Gasteiger partial charge in [-0.3, -0.25) is 4.79 Å². The van der Waals surface area contributed by atoms with Gasteiger partial charge >= 0.3 is 0 Å². The minimum Gasteiger partial charge on any atom is -0.312 e. The smallest absolute Gasteiger partial charge is 0.256 e. The highest BCUT2D eigenvalue weighted by atomic mass is 32.2. The van der Waals surface area contributed by atoms with Crippen molar-refractivity contribution < 1.29 is 13.2 Å². The number of sulfone groups is 1. The molecule has 0 fully saturated rings. The van der Waals surface area contributed by atoms with Crippen LogP contribution in [0.3, 0.4) is 0 Å². The van der Waals surface area contributed by atoms with Crippen molar-refractivity contribution >= 4 is 21.8 Å². The second-order valence-corrected chi connectivity index (χ2v) is 7.97. The summed E-state index contributed by atoms with van der Waals surface area (Å²) in [5, 5.41) is 2.41. The molecule has 0 aliphatic rings. The Labute approximate surface area is 159 Å². The first-order valence-electron chi connectivity index (χ1n) is 8.42.